The van der Waals surface area contributed by atoms with Gasteiger partial charge >= 0.3 is 12.1 Å². The van der Waals surface area contributed by atoms with Gasteiger partial charge in [-0.2, -0.15) is 13.2 Å². The van der Waals surface area contributed by atoms with Crippen molar-refractivity contribution in [3.8, 4) is 0 Å². The molecule has 12 heavy (non-hydrogen) atoms. The predicted octanol–water partition coefficient (Wildman–Crippen LogP) is 0.436. The average molecular weight is 185 g/mol. The molecule has 0 rings (SSSR count). The lowest BCUT2D eigenvalue weighted by molar-refractivity contribution is -0.174. The first kappa shape index (κ1) is 11.2. The maximum absolute atomic E-state index is 11.6. The van der Waals surface area contributed by atoms with Gasteiger partial charge in [-0.15, -0.1) is 0 Å². The van der Waals surface area contributed by atoms with Crippen molar-refractivity contribution in [2.75, 3.05) is 6.61 Å². The second-order valence-corrected chi connectivity index (χ2v) is 2.26. The second-order valence-electron chi connectivity index (χ2n) is 2.26. The zero-order valence-corrected chi connectivity index (χ0v) is 6.48. The lowest BCUT2D eigenvalue weighted by Crippen LogP contribution is -2.44. The fourth-order valence-electron chi connectivity index (χ4n) is 0.544. The van der Waals surface area contributed by atoms with Crippen LogP contribution in [0, 0.1) is 0 Å². The van der Waals surface area contributed by atoms with Crippen molar-refractivity contribution < 1.29 is 23.1 Å². The lowest BCUT2D eigenvalue weighted by atomic mass is 10.2. The maximum atomic E-state index is 11.6. The van der Waals surface area contributed by atoms with E-state index in [0.29, 0.717) is 0 Å². The van der Waals surface area contributed by atoms with Crippen molar-refractivity contribution in [2.24, 2.45) is 0 Å². The van der Waals surface area contributed by atoms with Crippen LogP contribution in [0.25, 0.3) is 0 Å². The molecule has 0 aliphatic rings. The van der Waals surface area contributed by atoms with Gasteiger partial charge in [-0.3, -0.25) is 4.79 Å². The Morgan fingerprint density at radius 2 is 2.08 bits per heavy atom. The minimum absolute atomic E-state index is 0.262. The summed E-state index contributed by atoms with van der Waals surface area (Å²) in [6.07, 6.45) is -4.61. The molecule has 0 radical (unpaired) electrons. The number of carbonyl (C=O) groups is 1. The summed E-state index contributed by atoms with van der Waals surface area (Å²) in [5.41, 5.74) is 0. The molecule has 0 fully saturated rings. The van der Waals surface area contributed by atoms with E-state index >= 15 is 0 Å². The highest BCUT2D eigenvalue weighted by molar-refractivity contribution is 5.81. The summed E-state index contributed by atoms with van der Waals surface area (Å²) in [5, 5.41) is 10.1. The van der Waals surface area contributed by atoms with E-state index in [1.54, 1.807) is 12.2 Å². The van der Waals surface area contributed by atoms with E-state index in [9.17, 15) is 18.0 Å². The van der Waals surface area contributed by atoms with Crippen molar-refractivity contribution in [1.82, 2.24) is 5.32 Å². The van der Waals surface area contributed by atoms with Gasteiger partial charge in [0.15, 0.2) is 0 Å². The van der Waals surface area contributed by atoms with E-state index < -0.39 is 24.7 Å². The fourth-order valence-corrected chi connectivity index (χ4v) is 0.544. The van der Waals surface area contributed by atoms with Crippen LogP contribution < -0.4 is 5.32 Å². The first-order chi connectivity index (χ1) is 5.41. The van der Waals surface area contributed by atoms with Gasteiger partial charge in [0.2, 0.25) is 0 Å². The standard InChI is InChI=1S/C6H10F3NO2/c1-2-4(3-11)10-5(12)6(7,8)9/h4,11H,2-3H2,1H3,(H,10,12). The molecule has 1 atom stereocenters. The van der Waals surface area contributed by atoms with Crippen LogP contribution in [0.3, 0.4) is 0 Å². The Hall–Kier alpha value is -0.780. The number of nitrogens with one attached hydrogen (secondary N) is 1. The number of hydrogen-bond acceptors (Lipinski definition) is 2. The van der Waals surface area contributed by atoms with Crippen LogP contribution in [0.1, 0.15) is 13.3 Å². The Morgan fingerprint density at radius 3 is 2.33 bits per heavy atom. The van der Waals surface area contributed by atoms with Crippen molar-refractivity contribution >= 4 is 5.91 Å². The van der Waals surface area contributed by atoms with Crippen molar-refractivity contribution in [3.63, 3.8) is 0 Å². The molecule has 0 aromatic heterocycles. The van der Waals surface area contributed by atoms with Crippen LogP contribution in [0.2, 0.25) is 0 Å². The molecular weight excluding hydrogens is 175 g/mol. The molecule has 3 nitrogen and oxygen atoms in total. The number of amides is 1. The van der Waals surface area contributed by atoms with Gasteiger partial charge in [0.05, 0.1) is 12.6 Å². The van der Waals surface area contributed by atoms with Crippen molar-refractivity contribution in [3.05, 3.63) is 0 Å². The van der Waals surface area contributed by atoms with Gasteiger partial charge in [0.1, 0.15) is 0 Å². The number of halogens is 3. The van der Waals surface area contributed by atoms with E-state index in [1.165, 1.54) is 0 Å². The molecule has 0 saturated carbocycles. The summed E-state index contributed by atoms with van der Waals surface area (Å²) in [7, 11) is 0. The summed E-state index contributed by atoms with van der Waals surface area (Å²) in [6.45, 7) is 1.08. The van der Waals surface area contributed by atoms with Crippen LogP contribution in [-0.2, 0) is 4.79 Å². The molecule has 0 aliphatic heterocycles. The highest BCUT2D eigenvalue weighted by Crippen LogP contribution is 2.14. The Labute approximate surface area is 67.6 Å². The summed E-state index contributed by atoms with van der Waals surface area (Å²) >= 11 is 0. The zero-order chi connectivity index (χ0) is 9.78. The van der Waals surface area contributed by atoms with Gasteiger partial charge in [-0.1, -0.05) is 6.92 Å². The van der Waals surface area contributed by atoms with Gasteiger partial charge in [-0.05, 0) is 6.42 Å². The largest absolute Gasteiger partial charge is 0.471 e. The van der Waals surface area contributed by atoms with E-state index in [0.717, 1.165) is 0 Å². The van der Waals surface area contributed by atoms with E-state index in [1.807, 2.05) is 0 Å². The van der Waals surface area contributed by atoms with Gasteiger partial charge in [-0.25, -0.2) is 0 Å². The summed E-state index contributed by atoms with van der Waals surface area (Å²) < 4.78 is 34.8. The number of rotatable bonds is 3. The molecule has 72 valence electrons. The predicted molar refractivity (Wildman–Crippen MR) is 35.4 cm³/mol. The zero-order valence-electron chi connectivity index (χ0n) is 6.48. The maximum Gasteiger partial charge on any atom is 0.471 e. The monoisotopic (exact) mass is 185 g/mol. The molecule has 0 aromatic rings. The summed E-state index contributed by atoms with van der Waals surface area (Å²) in [4.78, 5) is 10.2. The number of hydrogen-bond donors (Lipinski definition) is 2. The molecule has 0 spiro atoms. The molecular formula is C6H10F3NO2. The summed E-state index contributed by atoms with van der Waals surface area (Å²) in [5.74, 6) is -2.01. The van der Waals surface area contributed by atoms with E-state index in [4.69, 9.17) is 5.11 Å². The number of alkyl halides is 3. The Morgan fingerprint density at radius 1 is 1.58 bits per heavy atom. The van der Waals surface area contributed by atoms with Crippen LogP contribution in [-0.4, -0.2) is 29.8 Å². The quantitative estimate of drug-likeness (QED) is 0.670. The van der Waals surface area contributed by atoms with Crippen LogP contribution in [0.4, 0.5) is 13.2 Å². The molecule has 0 saturated heterocycles. The minimum Gasteiger partial charge on any atom is -0.394 e. The minimum atomic E-state index is -4.87. The molecule has 2 N–H and O–H groups in total. The highest BCUT2D eigenvalue weighted by atomic mass is 19.4. The van der Waals surface area contributed by atoms with E-state index in [-0.39, 0.29) is 6.42 Å². The Balaban J connectivity index is 3.99. The van der Waals surface area contributed by atoms with E-state index in [2.05, 4.69) is 0 Å². The molecule has 0 bridgehead atoms. The van der Waals surface area contributed by atoms with Gasteiger partial charge in [0.25, 0.3) is 0 Å². The molecule has 6 heteroatoms. The second kappa shape index (κ2) is 4.30. The Kier molecular flexibility index (Phi) is 4.02. The van der Waals surface area contributed by atoms with Crippen molar-refractivity contribution in [1.29, 1.82) is 0 Å². The number of aliphatic hydroxyl groups excluding tert-OH is 1. The first-order valence-corrected chi connectivity index (χ1v) is 3.40. The summed E-state index contributed by atoms with van der Waals surface area (Å²) in [6, 6.07) is -0.820. The molecule has 0 aromatic carbocycles. The third kappa shape index (κ3) is 3.56. The number of carbonyl (C=O) groups excluding carboxylic acids is 1. The molecule has 1 amide bonds. The third-order valence-corrected chi connectivity index (χ3v) is 1.31. The average Bonchev–Trinajstić information content (AvgIpc) is 1.97. The van der Waals surface area contributed by atoms with Crippen LogP contribution in [0.5, 0.6) is 0 Å². The molecule has 0 aliphatic carbocycles. The first-order valence-electron chi connectivity index (χ1n) is 3.40. The molecule has 1 unspecified atom stereocenters. The topological polar surface area (TPSA) is 49.3 Å². The lowest BCUT2D eigenvalue weighted by Gasteiger charge is -2.14. The van der Waals surface area contributed by atoms with Gasteiger partial charge < -0.3 is 10.4 Å². The number of aliphatic hydroxyl groups is 1. The fraction of sp³-hybridized carbons (Fsp3) is 0.833. The van der Waals surface area contributed by atoms with Gasteiger partial charge in [0, 0.05) is 0 Å². The SMILES string of the molecule is CCC(CO)NC(=O)C(F)(F)F. The van der Waals surface area contributed by atoms with Crippen LogP contribution in [0.15, 0.2) is 0 Å². The highest BCUT2D eigenvalue weighted by Gasteiger charge is 2.39. The third-order valence-electron chi connectivity index (χ3n) is 1.31. The smallest absolute Gasteiger partial charge is 0.394 e. The Bertz CT molecular complexity index is 153. The molecule has 0 heterocycles. The normalized spacial score (nSPS) is 14.1. The van der Waals surface area contributed by atoms with Crippen LogP contribution >= 0.6 is 0 Å². The van der Waals surface area contributed by atoms with Crippen molar-refractivity contribution in [2.45, 2.75) is 25.6 Å².